The minimum absolute atomic E-state index is 0.668. The van der Waals surface area contributed by atoms with Crippen molar-refractivity contribution in [3.63, 3.8) is 0 Å². The highest BCUT2D eigenvalue weighted by atomic mass is 16.5. The zero-order valence-electron chi connectivity index (χ0n) is 9.55. The first-order chi connectivity index (χ1) is 7.31. The molecular formula is C13H19NO. The third-order valence-electron chi connectivity index (χ3n) is 3.13. The quantitative estimate of drug-likeness (QED) is 0.819. The van der Waals surface area contributed by atoms with Crippen molar-refractivity contribution in [2.24, 2.45) is 0 Å². The summed E-state index contributed by atoms with van der Waals surface area (Å²) in [5, 5.41) is 3.46. The zero-order chi connectivity index (χ0) is 10.7. The molecule has 1 aliphatic heterocycles. The summed E-state index contributed by atoms with van der Waals surface area (Å²) in [7, 11) is 1.78. The van der Waals surface area contributed by atoms with Crippen LogP contribution in [0.5, 0.6) is 0 Å². The highest BCUT2D eigenvalue weighted by molar-refractivity contribution is 5.56. The first-order valence-electron chi connectivity index (χ1n) is 5.64. The molecule has 0 aromatic heterocycles. The zero-order valence-corrected chi connectivity index (χ0v) is 9.55. The standard InChI is InChI=1S/C13H19NO/c1-10-3-4-13-12(9-10)11(5-7-14-13)6-8-15-2/h3-4,9,11,14H,5-8H2,1-2H3. The molecule has 0 spiro atoms. The van der Waals surface area contributed by atoms with Gasteiger partial charge in [0, 0.05) is 25.9 Å². The summed E-state index contributed by atoms with van der Waals surface area (Å²) in [6.45, 7) is 4.10. The summed E-state index contributed by atoms with van der Waals surface area (Å²) < 4.78 is 5.17. The van der Waals surface area contributed by atoms with Gasteiger partial charge in [-0.05, 0) is 37.3 Å². The summed E-state index contributed by atoms with van der Waals surface area (Å²) in [4.78, 5) is 0. The van der Waals surface area contributed by atoms with Crippen molar-refractivity contribution in [1.29, 1.82) is 0 Å². The van der Waals surface area contributed by atoms with E-state index < -0.39 is 0 Å². The van der Waals surface area contributed by atoms with E-state index in [4.69, 9.17) is 4.74 Å². The third-order valence-corrected chi connectivity index (χ3v) is 3.13. The van der Waals surface area contributed by atoms with Crippen LogP contribution >= 0.6 is 0 Å². The fourth-order valence-corrected chi connectivity index (χ4v) is 2.28. The maximum Gasteiger partial charge on any atom is 0.0468 e. The highest BCUT2D eigenvalue weighted by Gasteiger charge is 2.19. The number of rotatable bonds is 3. The van der Waals surface area contributed by atoms with Crippen molar-refractivity contribution in [2.45, 2.75) is 25.7 Å². The molecule has 0 amide bonds. The summed E-state index contributed by atoms with van der Waals surface area (Å²) in [6.07, 6.45) is 2.36. The van der Waals surface area contributed by atoms with Crippen molar-refractivity contribution in [3.05, 3.63) is 29.3 Å². The number of nitrogens with one attached hydrogen (secondary N) is 1. The van der Waals surface area contributed by atoms with Gasteiger partial charge in [-0.2, -0.15) is 0 Å². The Balaban J connectivity index is 2.20. The largest absolute Gasteiger partial charge is 0.385 e. The van der Waals surface area contributed by atoms with Gasteiger partial charge >= 0.3 is 0 Å². The molecule has 0 saturated heterocycles. The lowest BCUT2D eigenvalue weighted by Gasteiger charge is -2.27. The topological polar surface area (TPSA) is 21.3 Å². The van der Waals surface area contributed by atoms with Crippen molar-refractivity contribution in [2.75, 3.05) is 25.6 Å². The van der Waals surface area contributed by atoms with Crippen LogP contribution in [0.25, 0.3) is 0 Å². The molecular weight excluding hydrogens is 186 g/mol. The van der Waals surface area contributed by atoms with E-state index >= 15 is 0 Å². The Bertz CT molecular complexity index is 335. The minimum atomic E-state index is 0.668. The summed E-state index contributed by atoms with van der Waals surface area (Å²) in [6, 6.07) is 6.68. The maximum absolute atomic E-state index is 5.17. The normalized spacial score (nSPS) is 19.5. The second-order valence-electron chi connectivity index (χ2n) is 4.28. The minimum Gasteiger partial charge on any atom is -0.385 e. The van der Waals surface area contributed by atoms with E-state index in [1.54, 1.807) is 7.11 Å². The molecule has 82 valence electrons. The maximum atomic E-state index is 5.17. The molecule has 1 aromatic rings. The Hall–Kier alpha value is -1.02. The van der Waals surface area contributed by atoms with Gasteiger partial charge in [-0.15, -0.1) is 0 Å². The molecule has 1 heterocycles. The van der Waals surface area contributed by atoms with Crippen LogP contribution in [0.4, 0.5) is 5.69 Å². The molecule has 0 aliphatic carbocycles. The summed E-state index contributed by atoms with van der Waals surface area (Å²) in [5.41, 5.74) is 4.13. The van der Waals surface area contributed by atoms with Gasteiger partial charge in [-0.25, -0.2) is 0 Å². The Kier molecular flexibility index (Phi) is 3.27. The molecule has 0 bridgehead atoms. The SMILES string of the molecule is COCCC1CCNc2ccc(C)cc21. The lowest BCUT2D eigenvalue weighted by atomic mass is 9.88. The van der Waals surface area contributed by atoms with Crippen molar-refractivity contribution >= 4 is 5.69 Å². The molecule has 15 heavy (non-hydrogen) atoms. The first kappa shape index (κ1) is 10.5. The Morgan fingerprint density at radius 2 is 2.33 bits per heavy atom. The van der Waals surface area contributed by atoms with Crippen LogP contribution in [0.15, 0.2) is 18.2 Å². The Labute approximate surface area is 91.6 Å². The molecule has 1 aromatic carbocycles. The lowest BCUT2D eigenvalue weighted by molar-refractivity contribution is 0.186. The molecule has 0 fully saturated rings. The van der Waals surface area contributed by atoms with Gasteiger partial charge in [0.1, 0.15) is 0 Å². The van der Waals surface area contributed by atoms with Crippen LogP contribution in [0.2, 0.25) is 0 Å². The number of hydrogen-bond donors (Lipinski definition) is 1. The Morgan fingerprint density at radius 1 is 1.47 bits per heavy atom. The average Bonchev–Trinajstić information content (AvgIpc) is 2.26. The van der Waals surface area contributed by atoms with E-state index in [0.717, 1.165) is 19.6 Å². The fourth-order valence-electron chi connectivity index (χ4n) is 2.28. The number of aryl methyl sites for hydroxylation is 1. The highest BCUT2D eigenvalue weighted by Crippen LogP contribution is 2.34. The van der Waals surface area contributed by atoms with Gasteiger partial charge in [0.15, 0.2) is 0 Å². The van der Waals surface area contributed by atoms with Gasteiger partial charge < -0.3 is 10.1 Å². The fraction of sp³-hybridized carbons (Fsp3) is 0.538. The Morgan fingerprint density at radius 3 is 3.13 bits per heavy atom. The van der Waals surface area contributed by atoms with Crippen LogP contribution in [0.1, 0.15) is 29.9 Å². The summed E-state index contributed by atoms with van der Waals surface area (Å²) in [5.74, 6) is 0.668. The van der Waals surface area contributed by atoms with E-state index in [0.29, 0.717) is 5.92 Å². The number of benzene rings is 1. The van der Waals surface area contributed by atoms with Crippen LogP contribution in [0.3, 0.4) is 0 Å². The molecule has 1 N–H and O–H groups in total. The van der Waals surface area contributed by atoms with E-state index in [2.05, 4.69) is 30.4 Å². The van der Waals surface area contributed by atoms with Gasteiger partial charge in [0.25, 0.3) is 0 Å². The second-order valence-corrected chi connectivity index (χ2v) is 4.28. The third kappa shape index (κ3) is 2.32. The first-order valence-corrected chi connectivity index (χ1v) is 5.64. The molecule has 0 radical (unpaired) electrons. The molecule has 2 rings (SSSR count). The van der Waals surface area contributed by atoms with Gasteiger partial charge in [-0.3, -0.25) is 0 Å². The molecule has 1 unspecified atom stereocenters. The molecule has 1 atom stereocenters. The number of fused-ring (bicyclic) bond motifs is 1. The number of anilines is 1. The van der Waals surface area contributed by atoms with Gasteiger partial charge in [0.05, 0.1) is 0 Å². The monoisotopic (exact) mass is 205 g/mol. The molecule has 2 nitrogen and oxygen atoms in total. The van der Waals surface area contributed by atoms with Crippen molar-refractivity contribution in [3.8, 4) is 0 Å². The predicted molar refractivity (Wildman–Crippen MR) is 63.5 cm³/mol. The number of hydrogen-bond acceptors (Lipinski definition) is 2. The molecule has 0 saturated carbocycles. The lowest BCUT2D eigenvalue weighted by Crippen LogP contribution is -2.18. The van der Waals surface area contributed by atoms with Crippen LogP contribution in [-0.2, 0) is 4.74 Å². The van der Waals surface area contributed by atoms with Gasteiger partial charge in [0.2, 0.25) is 0 Å². The van der Waals surface area contributed by atoms with E-state index in [9.17, 15) is 0 Å². The van der Waals surface area contributed by atoms with E-state index in [1.165, 1.54) is 23.2 Å². The smallest absolute Gasteiger partial charge is 0.0468 e. The average molecular weight is 205 g/mol. The predicted octanol–water partition coefficient (Wildman–Crippen LogP) is 2.93. The van der Waals surface area contributed by atoms with Crippen molar-refractivity contribution < 1.29 is 4.74 Å². The van der Waals surface area contributed by atoms with Crippen LogP contribution in [-0.4, -0.2) is 20.3 Å². The van der Waals surface area contributed by atoms with E-state index in [-0.39, 0.29) is 0 Å². The number of ether oxygens (including phenoxy) is 1. The second kappa shape index (κ2) is 4.67. The van der Waals surface area contributed by atoms with Gasteiger partial charge in [-0.1, -0.05) is 17.7 Å². The number of methoxy groups -OCH3 is 1. The van der Waals surface area contributed by atoms with E-state index in [1.807, 2.05) is 0 Å². The molecule has 2 heteroatoms. The molecule has 1 aliphatic rings. The van der Waals surface area contributed by atoms with Crippen molar-refractivity contribution in [1.82, 2.24) is 0 Å². The van der Waals surface area contributed by atoms with Crippen LogP contribution in [0, 0.1) is 6.92 Å². The summed E-state index contributed by atoms with van der Waals surface area (Å²) >= 11 is 0. The van der Waals surface area contributed by atoms with Crippen LogP contribution < -0.4 is 5.32 Å².